The summed E-state index contributed by atoms with van der Waals surface area (Å²) in [6.45, 7) is 2.68. The van der Waals surface area contributed by atoms with Crippen molar-refractivity contribution in [3.8, 4) is 16.9 Å². The predicted molar refractivity (Wildman–Crippen MR) is 129 cm³/mol. The monoisotopic (exact) mass is 447 g/mol. The number of carbonyl (C=O) groups is 2. The Hall–Kier alpha value is -3.80. The smallest absolute Gasteiger partial charge is 0.355 e. The number of allylic oxidation sites excluding steroid dienone is 2. The average molecular weight is 448 g/mol. The van der Waals surface area contributed by atoms with Crippen LogP contribution in [0, 0.1) is 0 Å². The summed E-state index contributed by atoms with van der Waals surface area (Å²) in [6.07, 6.45) is 9.74. The van der Waals surface area contributed by atoms with Crippen LogP contribution in [0.2, 0.25) is 0 Å². The van der Waals surface area contributed by atoms with Crippen LogP contribution >= 0.6 is 0 Å². The van der Waals surface area contributed by atoms with Crippen LogP contribution in [0.15, 0.2) is 84.2 Å². The van der Waals surface area contributed by atoms with Gasteiger partial charge in [-0.3, -0.25) is 0 Å². The van der Waals surface area contributed by atoms with E-state index in [-0.39, 0.29) is 11.3 Å². The number of carbonyl (C=O) groups excluding carboxylic acids is 2. The normalized spacial score (nSPS) is 13.0. The molecule has 0 saturated heterocycles. The molecule has 2 aromatic rings. The van der Waals surface area contributed by atoms with Gasteiger partial charge >= 0.3 is 11.9 Å². The summed E-state index contributed by atoms with van der Waals surface area (Å²) < 4.78 is 16.1. The second-order valence-corrected chi connectivity index (χ2v) is 7.42. The van der Waals surface area contributed by atoms with E-state index >= 15 is 0 Å². The van der Waals surface area contributed by atoms with Gasteiger partial charge in [0, 0.05) is 6.20 Å². The second kappa shape index (κ2) is 11.7. The Bertz CT molecular complexity index is 1070. The SMILES string of the molecule is CCCCCOc1ccc(-c2ccccc2)cc1N1C=CC=CC(C(=O)OC)=C1C(=O)OC. The number of nitrogens with zero attached hydrogens (tertiary/aromatic N) is 1. The number of ether oxygens (including phenoxy) is 3. The highest BCUT2D eigenvalue weighted by Crippen LogP contribution is 2.37. The molecule has 0 unspecified atom stereocenters. The quantitative estimate of drug-likeness (QED) is 0.378. The van der Waals surface area contributed by atoms with E-state index in [0.717, 1.165) is 30.4 Å². The molecule has 0 N–H and O–H groups in total. The van der Waals surface area contributed by atoms with Crippen molar-refractivity contribution in [2.24, 2.45) is 0 Å². The number of benzene rings is 2. The molecule has 0 fully saturated rings. The van der Waals surface area contributed by atoms with Crippen molar-refractivity contribution in [1.29, 1.82) is 0 Å². The fraction of sp³-hybridized carbons (Fsp3) is 0.259. The van der Waals surface area contributed by atoms with E-state index < -0.39 is 11.9 Å². The third-order valence-corrected chi connectivity index (χ3v) is 5.22. The van der Waals surface area contributed by atoms with Crippen molar-refractivity contribution in [1.82, 2.24) is 0 Å². The van der Waals surface area contributed by atoms with Gasteiger partial charge in [-0.05, 0) is 41.8 Å². The highest BCUT2D eigenvalue weighted by atomic mass is 16.5. The summed E-state index contributed by atoms with van der Waals surface area (Å²) >= 11 is 0. The zero-order valence-corrected chi connectivity index (χ0v) is 19.2. The lowest BCUT2D eigenvalue weighted by Crippen LogP contribution is -2.27. The molecule has 0 aromatic heterocycles. The Morgan fingerprint density at radius 1 is 0.879 bits per heavy atom. The number of hydrogen-bond donors (Lipinski definition) is 0. The Morgan fingerprint density at radius 2 is 1.64 bits per heavy atom. The number of hydrogen-bond acceptors (Lipinski definition) is 6. The van der Waals surface area contributed by atoms with E-state index in [1.54, 1.807) is 23.3 Å². The molecule has 0 radical (unpaired) electrons. The standard InChI is InChI=1S/C27H29NO5/c1-4-5-11-18-33-24-16-15-21(20-12-7-6-8-13-20)19-23(24)28-17-10-9-14-22(26(29)31-2)25(28)27(30)32-3/h6-10,12-17,19H,4-5,11,18H2,1-3H3. The molecule has 0 spiro atoms. The number of anilines is 1. The van der Waals surface area contributed by atoms with Crippen LogP contribution in [0.1, 0.15) is 26.2 Å². The van der Waals surface area contributed by atoms with Gasteiger partial charge in [0.15, 0.2) is 0 Å². The summed E-state index contributed by atoms with van der Waals surface area (Å²) in [5, 5.41) is 0. The lowest BCUT2D eigenvalue weighted by Gasteiger charge is -2.26. The number of methoxy groups -OCH3 is 2. The molecule has 1 heterocycles. The maximum atomic E-state index is 12.9. The van der Waals surface area contributed by atoms with Crippen molar-refractivity contribution < 1.29 is 23.8 Å². The van der Waals surface area contributed by atoms with E-state index in [9.17, 15) is 9.59 Å². The van der Waals surface area contributed by atoms with Crippen LogP contribution < -0.4 is 9.64 Å². The zero-order chi connectivity index (χ0) is 23.6. The molecule has 0 amide bonds. The van der Waals surface area contributed by atoms with Gasteiger partial charge in [-0.25, -0.2) is 9.59 Å². The fourth-order valence-corrected chi connectivity index (χ4v) is 3.52. The van der Waals surface area contributed by atoms with Crippen molar-refractivity contribution in [3.63, 3.8) is 0 Å². The summed E-state index contributed by atoms with van der Waals surface area (Å²) in [4.78, 5) is 27.0. The summed E-state index contributed by atoms with van der Waals surface area (Å²) in [7, 11) is 2.56. The highest BCUT2D eigenvalue weighted by Gasteiger charge is 2.29. The van der Waals surface area contributed by atoms with Gasteiger partial charge in [-0.1, -0.05) is 62.2 Å². The molecule has 2 aromatic carbocycles. The van der Waals surface area contributed by atoms with E-state index in [0.29, 0.717) is 18.0 Å². The fourth-order valence-electron chi connectivity index (χ4n) is 3.52. The number of rotatable bonds is 9. The number of esters is 2. The van der Waals surface area contributed by atoms with E-state index in [4.69, 9.17) is 14.2 Å². The molecule has 1 aliphatic rings. The first kappa shape index (κ1) is 23.9. The molecule has 6 heteroatoms. The first-order chi connectivity index (χ1) is 16.1. The van der Waals surface area contributed by atoms with Crippen LogP contribution in [0.5, 0.6) is 5.75 Å². The third kappa shape index (κ3) is 5.71. The van der Waals surface area contributed by atoms with Gasteiger partial charge in [-0.2, -0.15) is 0 Å². The first-order valence-corrected chi connectivity index (χ1v) is 11.0. The molecule has 0 atom stereocenters. The van der Waals surface area contributed by atoms with Crippen molar-refractivity contribution in [2.45, 2.75) is 26.2 Å². The molecule has 0 saturated carbocycles. The van der Waals surface area contributed by atoms with Gasteiger partial charge in [0.25, 0.3) is 0 Å². The van der Waals surface area contributed by atoms with Gasteiger partial charge in [0.05, 0.1) is 32.1 Å². The molecule has 1 aliphatic heterocycles. The average Bonchev–Trinajstić information content (AvgIpc) is 3.09. The molecule has 0 aliphatic carbocycles. The summed E-state index contributed by atoms with van der Waals surface area (Å²) in [5.41, 5.74) is 2.73. The lowest BCUT2D eigenvalue weighted by atomic mass is 10.0. The Morgan fingerprint density at radius 3 is 2.33 bits per heavy atom. The molecule has 3 rings (SSSR count). The second-order valence-electron chi connectivity index (χ2n) is 7.42. The zero-order valence-electron chi connectivity index (χ0n) is 19.2. The predicted octanol–water partition coefficient (Wildman–Crippen LogP) is 5.41. The Labute approximate surface area is 194 Å². The topological polar surface area (TPSA) is 65.1 Å². The molecule has 0 bridgehead atoms. The van der Waals surface area contributed by atoms with Crippen molar-refractivity contribution >= 4 is 17.6 Å². The van der Waals surface area contributed by atoms with Crippen molar-refractivity contribution in [2.75, 3.05) is 25.7 Å². The van der Waals surface area contributed by atoms with Crippen LogP contribution in [0.25, 0.3) is 11.1 Å². The maximum Gasteiger partial charge on any atom is 0.355 e. The van der Waals surface area contributed by atoms with E-state index in [2.05, 4.69) is 6.92 Å². The molecule has 172 valence electrons. The first-order valence-electron chi connectivity index (χ1n) is 11.0. The van der Waals surface area contributed by atoms with Crippen LogP contribution in [-0.4, -0.2) is 32.8 Å². The Balaban J connectivity index is 2.16. The van der Waals surface area contributed by atoms with Crippen molar-refractivity contribution in [3.05, 3.63) is 84.2 Å². The summed E-state index contributed by atoms with van der Waals surface area (Å²) in [5.74, 6) is -0.693. The van der Waals surface area contributed by atoms with Crippen LogP contribution in [0.4, 0.5) is 5.69 Å². The van der Waals surface area contributed by atoms with Crippen LogP contribution in [0.3, 0.4) is 0 Å². The summed E-state index contributed by atoms with van der Waals surface area (Å²) in [6, 6.07) is 15.7. The van der Waals surface area contributed by atoms with Crippen LogP contribution in [-0.2, 0) is 19.1 Å². The third-order valence-electron chi connectivity index (χ3n) is 5.22. The van der Waals surface area contributed by atoms with E-state index in [1.165, 1.54) is 20.3 Å². The van der Waals surface area contributed by atoms with Gasteiger partial charge in [0.2, 0.25) is 0 Å². The lowest BCUT2D eigenvalue weighted by molar-refractivity contribution is -0.139. The molecule has 33 heavy (non-hydrogen) atoms. The molecule has 6 nitrogen and oxygen atoms in total. The maximum absolute atomic E-state index is 12.9. The van der Waals surface area contributed by atoms with Gasteiger partial charge in [0.1, 0.15) is 11.4 Å². The largest absolute Gasteiger partial charge is 0.491 e. The van der Waals surface area contributed by atoms with Gasteiger partial charge < -0.3 is 19.1 Å². The molecular formula is C27H29NO5. The number of unbranched alkanes of at least 4 members (excludes halogenated alkanes) is 2. The highest BCUT2D eigenvalue weighted by molar-refractivity contribution is 6.05. The molecular weight excluding hydrogens is 418 g/mol. The minimum Gasteiger partial charge on any atom is -0.491 e. The van der Waals surface area contributed by atoms with Gasteiger partial charge in [-0.15, -0.1) is 0 Å². The van der Waals surface area contributed by atoms with E-state index in [1.807, 2.05) is 48.5 Å². The Kier molecular flexibility index (Phi) is 8.47. The minimum atomic E-state index is -0.659. The minimum absolute atomic E-state index is 0.0537.